The van der Waals surface area contributed by atoms with Crippen molar-refractivity contribution in [2.45, 2.75) is 0 Å². The number of nitrogens with zero attached hydrogens (tertiary/aromatic N) is 5. The molecule has 1 N–H and O–H groups in total. The summed E-state index contributed by atoms with van der Waals surface area (Å²) in [6.45, 7) is 0. The summed E-state index contributed by atoms with van der Waals surface area (Å²) in [7, 11) is 0. The van der Waals surface area contributed by atoms with Crippen LogP contribution in [0.1, 0.15) is 0 Å². The van der Waals surface area contributed by atoms with Crippen LogP contribution in [0.2, 0.25) is 0 Å². The van der Waals surface area contributed by atoms with E-state index < -0.39 is 0 Å². The lowest BCUT2D eigenvalue weighted by Gasteiger charge is -1.98. The molecule has 0 saturated carbocycles. The first-order valence-corrected chi connectivity index (χ1v) is 6.59. The average Bonchev–Trinajstić information content (AvgIpc) is 2.99. The maximum Gasteiger partial charge on any atom is 0.145 e. The van der Waals surface area contributed by atoms with Crippen molar-refractivity contribution >= 4 is 16.7 Å². The van der Waals surface area contributed by atoms with Gasteiger partial charge in [0, 0.05) is 11.9 Å². The second-order valence-corrected chi connectivity index (χ2v) is 4.60. The van der Waals surface area contributed by atoms with Crippen molar-refractivity contribution in [1.82, 2.24) is 15.0 Å². The van der Waals surface area contributed by atoms with Crippen LogP contribution >= 0.6 is 0 Å². The quantitative estimate of drug-likeness (QED) is 0.751. The maximum absolute atomic E-state index is 13.0. The van der Waals surface area contributed by atoms with Crippen LogP contribution in [0, 0.1) is 28.5 Å². The van der Waals surface area contributed by atoms with Crippen LogP contribution in [0.3, 0.4) is 0 Å². The van der Waals surface area contributed by atoms with Crippen LogP contribution in [-0.2, 0) is 0 Å². The summed E-state index contributed by atoms with van der Waals surface area (Å²) >= 11 is 0. The van der Waals surface area contributed by atoms with E-state index in [0.717, 1.165) is 0 Å². The predicted octanol–water partition coefficient (Wildman–Crippen LogP) is 2.90. The monoisotopic (exact) mass is 304 g/mol. The fraction of sp³-hybridized carbons (Fsp3) is 0. The lowest BCUT2D eigenvalue weighted by Crippen LogP contribution is -1.97. The van der Waals surface area contributed by atoms with E-state index in [4.69, 9.17) is 10.5 Å². The van der Waals surface area contributed by atoms with Gasteiger partial charge in [-0.25, -0.2) is 4.39 Å². The zero-order valence-electron chi connectivity index (χ0n) is 11.7. The highest BCUT2D eigenvalue weighted by atomic mass is 19.1. The smallest absolute Gasteiger partial charge is 0.145 e. The predicted molar refractivity (Wildman–Crippen MR) is 81.8 cm³/mol. The highest BCUT2D eigenvalue weighted by Gasteiger charge is 2.05. The molecule has 0 aliphatic carbocycles. The Labute approximate surface area is 130 Å². The zero-order chi connectivity index (χ0) is 16.2. The Morgan fingerprint density at radius 1 is 1.04 bits per heavy atom. The Morgan fingerprint density at radius 2 is 1.74 bits per heavy atom. The van der Waals surface area contributed by atoms with Crippen LogP contribution in [0.5, 0.6) is 0 Å². The fourth-order valence-corrected chi connectivity index (χ4v) is 1.94. The van der Waals surface area contributed by atoms with Gasteiger partial charge in [-0.05, 0) is 42.5 Å². The number of nitriles is 2. The topological polar surface area (TPSA) is 90.3 Å². The largest absolute Gasteiger partial charge is 0.360 e. The first kappa shape index (κ1) is 14.2. The number of rotatable bonds is 3. The molecule has 0 saturated heterocycles. The van der Waals surface area contributed by atoms with Gasteiger partial charge in [-0.3, -0.25) is 0 Å². The van der Waals surface area contributed by atoms with E-state index in [-0.39, 0.29) is 11.4 Å². The molecule has 110 valence electrons. The molecule has 1 aromatic heterocycles. The van der Waals surface area contributed by atoms with Crippen LogP contribution < -0.4 is 5.32 Å². The van der Waals surface area contributed by atoms with Gasteiger partial charge in [0.05, 0.1) is 5.69 Å². The Kier molecular flexibility index (Phi) is 3.69. The summed E-state index contributed by atoms with van der Waals surface area (Å²) in [5.41, 5.74) is 2.59. The van der Waals surface area contributed by atoms with Crippen LogP contribution in [0.25, 0.3) is 16.7 Å². The molecule has 3 aromatic rings. The minimum absolute atomic E-state index is 0.0277. The number of hydrogen-bond acceptors (Lipinski definition) is 5. The molecule has 0 spiro atoms. The molecule has 0 amide bonds. The minimum atomic E-state index is -0.325. The highest BCUT2D eigenvalue weighted by molar-refractivity contribution is 5.78. The Hall–Kier alpha value is -3.71. The molecule has 2 aromatic carbocycles. The van der Waals surface area contributed by atoms with E-state index >= 15 is 0 Å². The maximum atomic E-state index is 13.0. The van der Waals surface area contributed by atoms with Crippen molar-refractivity contribution in [2.24, 2.45) is 0 Å². The summed E-state index contributed by atoms with van der Waals surface area (Å²) in [5.74, 6) is -0.325. The molecule has 3 rings (SSSR count). The minimum Gasteiger partial charge on any atom is -0.360 e. The van der Waals surface area contributed by atoms with Gasteiger partial charge >= 0.3 is 0 Å². The third-order valence-electron chi connectivity index (χ3n) is 3.06. The molecule has 0 unspecified atom stereocenters. The Morgan fingerprint density at radius 3 is 2.43 bits per heavy atom. The van der Waals surface area contributed by atoms with Gasteiger partial charge < -0.3 is 5.32 Å². The van der Waals surface area contributed by atoms with E-state index in [0.29, 0.717) is 22.4 Å². The molecule has 23 heavy (non-hydrogen) atoms. The molecule has 0 fully saturated rings. The van der Waals surface area contributed by atoms with Crippen molar-refractivity contribution < 1.29 is 4.39 Å². The molecule has 0 radical (unpaired) electrons. The molecule has 0 bridgehead atoms. The van der Waals surface area contributed by atoms with Gasteiger partial charge in [-0.2, -0.15) is 15.3 Å². The number of halogens is 1. The Balaban J connectivity index is 1.92. The normalized spacial score (nSPS) is 9.87. The molecular formula is C16H9FN6. The van der Waals surface area contributed by atoms with Crippen molar-refractivity contribution in [3.05, 3.63) is 60.1 Å². The van der Waals surface area contributed by atoms with Crippen molar-refractivity contribution in [2.75, 3.05) is 5.32 Å². The lowest BCUT2D eigenvalue weighted by atomic mass is 10.2. The SMILES string of the molecule is N#CC(C#N)=CNc1ccc2nn(-c3ccc(F)cc3)nc2c1. The number of allylic oxidation sites excluding steroid dienone is 1. The fourth-order valence-electron chi connectivity index (χ4n) is 1.94. The van der Waals surface area contributed by atoms with Crippen LogP contribution in [0.4, 0.5) is 10.1 Å². The van der Waals surface area contributed by atoms with E-state index in [9.17, 15) is 4.39 Å². The summed E-state index contributed by atoms with van der Waals surface area (Å²) in [6.07, 6.45) is 1.32. The molecule has 0 aliphatic rings. The number of anilines is 1. The van der Waals surface area contributed by atoms with Gasteiger partial charge in [0.25, 0.3) is 0 Å². The van der Waals surface area contributed by atoms with Gasteiger partial charge in [0.1, 0.15) is 34.6 Å². The number of benzene rings is 2. The van der Waals surface area contributed by atoms with Crippen molar-refractivity contribution in [1.29, 1.82) is 10.5 Å². The van der Waals surface area contributed by atoms with Crippen LogP contribution in [-0.4, -0.2) is 15.0 Å². The molecule has 0 aliphatic heterocycles. The van der Waals surface area contributed by atoms with Gasteiger partial charge in [-0.1, -0.05) is 0 Å². The summed E-state index contributed by atoms with van der Waals surface area (Å²) in [5, 5.41) is 28.9. The van der Waals surface area contributed by atoms with E-state index in [1.165, 1.54) is 23.1 Å². The number of aromatic nitrogens is 3. The number of fused-ring (bicyclic) bond motifs is 1. The van der Waals surface area contributed by atoms with E-state index in [1.807, 2.05) is 0 Å². The second-order valence-electron chi connectivity index (χ2n) is 4.60. The average molecular weight is 304 g/mol. The summed E-state index contributed by atoms with van der Waals surface area (Å²) in [6, 6.07) is 14.6. The third kappa shape index (κ3) is 2.99. The number of nitrogens with one attached hydrogen (secondary N) is 1. The van der Waals surface area contributed by atoms with Gasteiger partial charge in [0.15, 0.2) is 0 Å². The van der Waals surface area contributed by atoms with E-state index in [1.54, 1.807) is 42.5 Å². The number of hydrogen-bond donors (Lipinski definition) is 1. The molecule has 7 heteroatoms. The molecule has 0 atom stereocenters. The van der Waals surface area contributed by atoms with Crippen molar-refractivity contribution in [3.8, 4) is 17.8 Å². The molecule has 1 heterocycles. The van der Waals surface area contributed by atoms with Gasteiger partial charge in [-0.15, -0.1) is 10.2 Å². The summed E-state index contributed by atoms with van der Waals surface area (Å²) in [4.78, 5) is 1.42. The van der Waals surface area contributed by atoms with E-state index in [2.05, 4.69) is 15.5 Å². The Bertz CT molecular complexity index is 956. The first-order chi connectivity index (χ1) is 11.2. The molecule has 6 nitrogen and oxygen atoms in total. The highest BCUT2D eigenvalue weighted by Crippen LogP contribution is 2.18. The zero-order valence-corrected chi connectivity index (χ0v) is 11.7. The standard InChI is InChI=1S/C16H9FN6/c17-12-1-4-14(5-2-12)23-21-15-6-3-13(7-16(15)22-23)20-10-11(8-18)9-19/h1-7,10,20H. The molecular weight excluding hydrogens is 295 g/mol. The lowest BCUT2D eigenvalue weighted by molar-refractivity contribution is 0.626. The van der Waals surface area contributed by atoms with Gasteiger partial charge in [0.2, 0.25) is 0 Å². The third-order valence-corrected chi connectivity index (χ3v) is 3.06. The summed E-state index contributed by atoms with van der Waals surface area (Å²) < 4.78 is 13.0. The van der Waals surface area contributed by atoms with Crippen LogP contribution in [0.15, 0.2) is 54.2 Å². The van der Waals surface area contributed by atoms with Crippen molar-refractivity contribution in [3.63, 3.8) is 0 Å². The second kappa shape index (κ2) is 5.96. The first-order valence-electron chi connectivity index (χ1n) is 6.59.